The summed E-state index contributed by atoms with van der Waals surface area (Å²) in [5.41, 5.74) is 2.89. The summed E-state index contributed by atoms with van der Waals surface area (Å²) in [6, 6.07) is 7.90. The number of nitrogens with zero attached hydrogens (tertiary/aromatic N) is 4. The molecule has 29 heavy (non-hydrogen) atoms. The van der Waals surface area contributed by atoms with Gasteiger partial charge in [-0.25, -0.2) is 13.8 Å². The van der Waals surface area contributed by atoms with E-state index in [2.05, 4.69) is 20.5 Å². The van der Waals surface area contributed by atoms with Gasteiger partial charge < -0.3 is 15.0 Å². The molecule has 4 atom stereocenters. The molecule has 2 aliphatic heterocycles. The highest BCUT2D eigenvalue weighted by atomic mass is 19.1. The molecule has 0 spiro atoms. The van der Waals surface area contributed by atoms with E-state index in [4.69, 9.17) is 0 Å². The van der Waals surface area contributed by atoms with Crippen LogP contribution in [0.15, 0.2) is 54.6 Å². The Morgan fingerprint density at radius 2 is 2.03 bits per heavy atom. The molecular weight excluding hydrogens is 376 g/mol. The maximum absolute atomic E-state index is 14.6. The highest BCUT2D eigenvalue weighted by Crippen LogP contribution is 2.35. The summed E-state index contributed by atoms with van der Waals surface area (Å²) in [6.45, 7) is 0. The van der Waals surface area contributed by atoms with Crippen LogP contribution in [0.1, 0.15) is 18.5 Å². The topological polar surface area (TPSA) is 75.9 Å². The standard InChI is InChI=1S/C21H19F2N5O/c22-16-10-19-21(23)12(8-18(16)25-19)7-13-1-4-17(27-26-13)15-3-2-14(9-20(15)29)28-6-5-24-11-28/h1-7,9,11,16,18-19,21,25,29H,8,10H2/b12-7+/t16-,18-,19-,21-/m0/s1. The SMILES string of the molecule is Oc1cc(-n2ccnc2)ccc1-c1ccc(/C=C2\C[C@@H]3N[C@@H](C[C@@H]3F)[C@H]2F)nn1. The van der Waals surface area contributed by atoms with Gasteiger partial charge in [0.15, 0.2) is 0 Å². The van der Waals surface area contributed by atoms with E-state index in [-0.39, 0.29) is 18.2 Å². The van der Waals surface area contributed by atoms with Crippen LogP contribution in [0.25, 0.3) is 23.0 Å². The van der Waals surface area contributed by atoms with Gasteiger partial charge in [0.05, 0.1) is 23.4 Å². The Morgan fingerprint density at radius 1 is 1.14 bits per heavy atom. The van der Waals surface area contributed by atoms with Gasteiger partial charge in [0.2, 0.25) is 0 Å². The Hall–Kier alpha value is -3.13. The van der Waals surface area contributed by atoms with Crippen molar-refractivity contribution < 1.29 is 13.9 Å². The van der Waals surface area contributed by atoms with E-state index in [1.165, 1.54) is 0 Å². The first-order chi connectivity index (χ1) is 14.1. The van der Waals surface area contributed by atoms with Crippen molar-refractivity contribution in [3.05, 3.63) is 60.3 Å². The highest BCUT2D eigenvalue weighted by molar-refractivity contribution is 5.69. The van der Waals surface area contributed by atoms with Crippen molar-refractivity contribution in [1.29, 1.82) is 0 Å². The Morgan fingerprint density at radius 3 is 2.76 bits per heavy atom. The lowest BCUT2D eigenvalue weighted by atomic mass is 9.96. The van der Waals surface area contributed by atoms with E-state index in [0.717, 1.165) is 5.69 Å². The molecule has 3 aromatic rings. The molecule has 5 rings (SSSR count). The molecular formula is C21H19F2N5O. The lowest BCUT2D eigenvalue weighted by molar-refractivity contribution is 0.265. The number of phenolic OH excluding ortho intramolecular Hbond substituents is 1. The second-order valence-corrected chi connectivity index (χ2v) is 7.47. The van der Waals surface area contributed by atoms with Gasteiger partial charge in [-0.3, -0.25) is 0 Å². The number of benzene rings is 1. The fourth-order valence-corrected chi connectivity index (χ4v) is 4.07. The Labute approximate surface area is 165 Å². The van der Waals surface area contributed by atoms with Gasteiger partial charge >= 0.3 is 0 Å². The number of hydrogen-bond donors (Lipinski definition) is 2. The number of aromatic hydroxyl groups is 1. The summed E-state index contributed by atoms with van der Waals surface area (Å²) in [7, 11) is 0. The van der Waals surface area contributed by atoms with Crippen molar-refractivity contribution in [3.8, 4) is 22.7 Å². The minimum absolute atomic E-state index is 0.0735. The third kappa shape index (κ3) is 3.29. The molecule has 2 bridgehead atoms. The summed E-state index contributed by atoms with van der Waals surface area (Å²) >= 11 is 0. The predicted octanol–water partition coefficient (Wildman–Crippen LogP) is 3.23. The molecule has 0 radical (unpaired) electrons. The molecule has 2 saturated heterocycles. The van der Waals surface area contributed by atoms with Crippen molar-refractivity contribution in [1.82, 2.24) is 25.1 Å². The fraction of sp³-hybridized carbons (Fsp3) is 0.286. The molecule has 2 aromatic heterocycles. The van der Waals surface area contributed by atoms with Crippen molar-refractivity contribution in [3.63, 3.8) is 0 Å². The minimum Gasteiger partial charge on any atom is -0.507 e. The second-order valence-electron chi connectivity index (χ2n) is 7.47. The first kappa shape index (κ1) is 17.9. The van der Waals surface area contributed by atoms with E-state index in [0.29, 0.717) is 28.9 Å². The van der Waals surface area contributed by atoms with Crippen LogP contribution in [0.5, 0.6) is 5.75 Å². The fourth-order valence-electron chi connectivity index (χ4n) is 4.07. The number of fused-ring (bicyclic) bond motifs is 2. The summed E-state index contributed by atoms with van der Waals surface area (Å²) in [4.78, 5) is 3.99. The van der Waals surface area contributed by atoms with E-state index in [9.17, 15) is 13.9 Å². The van der Waals surface area contributed by atoms with Crippen LogP contribution in [0.4, 0.5) is 8.78 Å². The molecule has 4 heterocycles. The summed E-state index contributed by atoms with van der Waals surface area (Å²) in [6.07, 6.45) is 5.06. The van der Waals surface area contributed by atoms with Gasteiger partial charge in [-0.15, -0.1) is 5.10 Å². The summed E-state index contributed by atoms with van der Waals surface area (Å²) < 4.78 is 30.2. The molecule has 2 aliphatic rings. The molecule has 148 valence electrons. The molecule has 2 fully saturated rings. The van der Waals surface area contributed by atoms with Crippen LogP contribution >= 0.6 is 0 Å². The molecule has 8 heteroatoms. The van der Waals surface area contributed by atoms with Gasteiger partial charge in [0, 0.05) is 36.1 Å². The predicted molar refractivity (Wildman–Crippen MR) is 104 cm³/mol. The zero-order valence-corrected chi connectivity index (χ0v) is 15.4. The van der Waals surface area contributed by atoms with Crippen LogP contribution in [0, 0.1) is 0 Å². The maximum Gasteiger partial charge on any atom is 0.137 e. The number of hydrogen-bond acceptors (Lipinski definition) is 5. The summed E-state index contributed by atoms with van der Waals surface area (Å²) in [5.74, 6) is 0.0735. The normalized spacial score (nSPS) is 27.4. The highest BCUT2D eigenvalue weighted by Gasteiger charge is 2.44. The summed E-state index contributed by atoms with van der Waals surface area (Å²) in [5, 5.41) is 21.7. The van der Waals surface area contributed by atoms with Crippen molar-refractivity contribution >= 4 is 6.08 Å². The maximum atomic E-state index is 14.6. The number of imidazole rings is 1. The lowest BCUT2D eigenvalue weighted by Crippen LogP contribution is -2.43. The monoisotopic (exact) mass is 395 g/mol. The first-order valence-electron chi connectivity index (χ1n) is 9.48. The smallest absolute Gasteiger partial charge is 0.137 e. The Kier molecular flexibility index (Phi) is 4.35. The van der Waals surface area contributed by atoms with E-state index >= 15 is 0 Å². The number of alkyl halides is 2. The number of nitrogens with one attached hydrogen (secondary N) is 1. The molecule has 0 amide bonds. The zero-order chi connectivity index (χ0) is 20.0. The second kappa shape index (κ2) is 7.04. The van der Waals surface area contributed by atoms with Gasteiger partial charge in [0.25, 0.3) is 0 Å². The van der Waals surface area contributed by atoms with E-state index in [1.807, 2.05) is 6.07 Å². The van der Waals surface area contributed by atoms with Crippen LogP contribution in [0.2, 0.25) is 0 Å². The van der Waals surface area contributed by atoms with Crippen LogP contribution in [-0.4, -0.2) is 49.3 Å². The molecule has 1 aromatic carbocycles. The van der Waals surface area contributed by atoms with Gasteiger partial charge in [-0.2, -0.15) is 5.10 Å². The van der Waals surface area contributed by atoms with Gasteiger partial charge in [-0.1, -0.05) is 0 Å². The molecule has 6 nitrogen and oxygen atoms in total. The molecule has 0 unspecified atom stereocenters. The van der Waals surface area contributed by atoms with Crippen molar-refractivity contribution in [2.75, 3.05) is 0 Å². The van der Waals surface area contributed by atoms with Crippen LogP contribution in [0.3, 0.4) is 0 Å². The van der Waals surface area contributed by atoms with E-state index in [1.54, 1.807) is 53.6 Å². The molecule has 2 N–H and O–H groups in total. The first-order valence-corrected chi connectivity index (χ1v) is 9.48. The van der Waals surface area contributed by atoms with Crippen LogP contribution in [-0.2, 0) is 0 Å². The van der Waals surface area contributed by atoms with Crippen molar-refractivity contribution in [2.45, 2.75) is 37.3 Å². The average molecular weight is 395 g/mol. The van der Waals surface area contributed by atoms with E-state index < -0.39 is 18.4 Å². The number of halogens is 2. The third-order valence-corrected chi connectivity index (χ3v) is 5.59. The largest absolute Gasteiger partial charge is 0.507 e. The van der Waals surface area contributed by atoms with Gasteiger partial charge in [0.1, 0.15) is 18.1 Å². The minimum atomic E-state index is -1.21. The molecule has 0 aliphatic carbocycles. The third-order valence-electron chi connectivity index (χ3n) is 5.59. The Bertz CT molecular complexity index is 1050. The van der Waals surface area contributed by atoms with Crippen molar-refractivity contribution in [2.24, 2.45) is 0 Å². The van der Waals surface area contributed by atoms with Crippen LogP contribution < -0.4 is 5.32 Å². The number of phenols is 1. The molecule has 0 saturated carbocycles. The quantitative estimate of drug-likeness (QED) is 0.712. The Balaban J connectivity index is 1.38. The lowest BCUT2D eigenvalue weighted by Gasteiger charge is -2.27. The number of aromatic nitrogens is 4. The number of rotatable bonds is 3. The zero-order valence-electron chi connectivity index (χ0n) is 15.4. The average Bonchev–Trinajstić information content (AvgIpc) is 3.36. The van der Waals surface area contributed by atoms with Gasteiger partial charge in [-0.05, 0) is 48.8 Å². The number of piperidine rings is 1.